The van der Waals surface area contributed by atoms with Gasteiger partial charge in [-0.1, -0.05) is 43.3 Å². The Morgan fingerprint density at radius 3 is 2.56 bits per heavy atom. The van der Waals surface area contributed by atoms with Crippen molar-refractivity contribution in [2.24, 2.45) is 0 Å². The van der Waals surface area contributed by atoms with Crippen molar-refractivity contribution in [3.8, 4) is 5.75 Å². The number of fused-ring (bicyclic) bond motifs is 1. The van der Waals surface area contributed by atoms with E-state index in [1.165, 1.54) is 5.39 Å². The van der Waals surface area contributed by atoms with Gasteiger partial charge in [0.1, 0.15) is 5.75 Å². The molecule has 2 rings (SSSR count). The average molecular weight is 216 g/mol. The average Bonchev–Trinajstić information content (AvgIpc) is 2.36. The third-order valence-corrected chi connectivity index (χ3v) is 2.60. The van der Waals surface area contributed by atoms with Crippen molar-refractivity contribution in [2.45, 2.75) is 19.6 Å². The SMILES string of the molecule is CCC(OC)Oc1cccc2ccccc12. The van der Waals surface area contributed by atoms with Crippen LogP contribution in [0.1, 0.15) is 13.3 Å². The molecule has 2 heteroatoms. The van der Waals surface area contributed by atoms with E-state index in [-0.39, 0.29) is 6.29 Å². The number of hydrogen-bond donors (Lipinski definition) is 0. The summed E-state index contributed by atoms with van der Waals surface area (Å²) in [7, 11) is 1.67. The number of ether oxygens (including phenoxy) is 2. The molecule has 16 heavy (non-hydrogen) atoms. The molecule has 84 valence electrons. The molecular formula is C14H16O2. The summed E-state index contributed by atoms with van der Waals surface area (Å²) < 4.78 is 11.0. The molecule has 2 aromatic rings. The van der Waals surface area contributed by atoms with E-state index in [0.717, 1.165) is 17.6 Å². The van der Waals surface area contributed by atoms with Gasteiger partial charge in [-0.2, -0.15) is 0 Å². The van der Waals surface area contributed by atoms with Crippen molar-refractivity contribution in [1.82, 2.24) is 0 Å². The monoisotopic (exact) mass is 216 g/mol. The van der Waals surface area contributed by atoms with Crippen molar-refractivity contribution in [2.75, 3.05) is 7.11 Å². The van der Waals surface area contributed by atoms with Crippen LogP contribution in [0.25, 0.3) is 10.8 Å². The molecule has 1 unspecified atom stereocenters. The summed E-state index contributed by atoms with van der Waals surface area (Å²) in [6.07, 6.45) is 0.658. The largest absolute Gasteiger partial charge is 0.464 e. The maximum Gasteiger partial charge on any atom is 0.199 e. The lowest BCUT2D eigenvalue weighted by atomic mass is 10.1. The van der Waals surface area contributed by atoms with Crippen molar-refractivity contribution < 1.29 is 9.47 Å². The second kappa shape index (κ2) is 4.99. The van der Waals surface area contributed by atoms with Gasteiger partial charge in [0, 0.05) is 18.9 Å². The van der Waals surface area contributed by atoms with Crippen LogP contribution in [0.15, 0.2) is 42.5 Å². The Balaban J connectivity index is 2.36. The third-order valence-electron chi connectivity index (χ3n) is 2.60. The van der Waals surface area contributed by atoms with E-state index >= 15 is 0 Å². The number of rotatable bonds is 4. The van der Waals surface area contributed by atoms with E-state index in [1.54, 1.807) is 7.11 Å². The van der Waals surface area contributed by atoms with Crippen LogP contribution in [0.4, 0.5) is 0 Å². The van der Waals surface area contributed by atoms with E-state index in [0.29, 0.717) is 0 Å². The van der Waals surface area contributed by atoms with Gasteiger partial charge in [0.15, 0.2) is 6.29 Å². The summed E-state index contributed by atoms with van der Waals surface area (Å²) in [5, 5.41) is 2.31. The van der Waals surface area contributed by atoms with Gasteiger partial charge in [-0.3, -0.25) is 0 Å². The minimum absolute atomic E-state index is 0.175. The van der Waals surface area contributed by atoms with E-state index in [1.807, 2.05) is 31.2 Å². The van der Waals surface area contributed by atoms with E-state index < -0.39 is 0 Å². The predicted molar refractivity (Wildman–Crippen MR) is 65.7 cm³/mol. The number of benzene rings is 2. The van der Waals surface area contributed by atoms with Gasteiger partial charge in [0.25, 0.3) is 0 Å². The Bertz CT molecular complexity index is 456. The zero-order valence-corrected chi connectivity index (χ0v) is 9.64. The minimum Gasteiger partial charge on any atom is -0.464 e. The zero-order valence-electron chi connectivity index (χ0n) is 9.64. The van der Waals surface area contributed by atoms with Crippen molar-refractivity contribution >= 4 is 10.8 Å². The molecule has 0 saturated carbocycles. The quantitative estimate of drug-likeness (QED) is 0.727. The molecule has 0 aliphatic heterocycles. The third kappa shape index (κ3) is 2.17. The van der Waals surface area contributed by atoms with Gasteiger partial charge in [-0.25, -0.2) is 0 Å². The van der Waals surface area contributed by atoms with Crippen LogP contribution in [0.2, 0.25) is 0 Å². The second-order valence-electron chi connectivity index (χ2n) is 3.67. The van der Waals surface area contributed by atoms with E-state index in [9.17, 15) is 0 Å². The molecule has 0 heterocycles. The first kappa shape index (κ1) is 11.0. The first-order valence-electron chi connectivity index (χ1n) is 5.52. The fourth-order valence-corrected chi connectivity index (χ4v) is 1.74. The van der Waals surface area contributed by atoms with Crippen LogP contribution in [0.3, 0.4) is 0 Å². The Morgan fingerprint density at radius 2 is 1.81 bits per heavy atom. The van der Waals surface area contributed by atoms with Crippen LogP contribution in [-0.2, 0) is 4.74 Å². The molecule has 2 nitrogen and oxygen atoms in total. The van der Waals surface area contributed by atoms with Gasteiger partial charge in [0.05, 0.1) is 0 Å². The van der Waals surface area contributed by atoms with Crippen LogP contribution in [0, 0.1) is 0 Å². The molecule has 0 N–H and O–H groups in total. The lowest BCUT2D eigenvalue weighted by Gasteiger charge is -2.16. The summed E-state index contributed by atoms with van der Waals surface area (Å²) in [4.78, 5) is 0. The summed E-state index contributed by atoms with van der Waals surface area (Å²) in [6, 6.07) is 14.2. The van der Waals surface area contributed by atoms with E-state index in [2.05, 4.69) is 18.2 Å². The summed E-state index contributed by atoms with van der Waals surface area (Å²) in [6.45, 7) is 2.04. The molecule has 0 radical (unpaired) electrons. The van der Waals surface area contributed by atoms with Crippen LogP contribution >= 0.6 is 0 Å². The molecule has 0 fully saturated rings. The van der Waals surface area contributed by atoms with Gasteiger partial charge < -0.3 is 9.47 Å². The van der Waals surface area contributed by atoms with Crippen molar-refractivity contribution in [1.29, 1.82) is 0 Å². The summed E-state index contributed by atoms with van der Waals surface area (Å²) in [5.74, 6) is 0.881. The zero-order chi connectivity index (χ0) is 11.4. The molecule has 0 aliphatic rings. The Labute approximate surface area is 95.8 Å². The topological polar surface area (TPSA) is 18.5 Å². The maximum atomic E-state index is 5.80. The Kier molecular flexibility index (Phi) is 3.42. The van der Waals surface area contributed by atoms with Crippen LogP contribution < -0.4 is 4.74 Å². The van der Waals surface area contributed by atoms with Gasteiger partial charge in [-0.15, -0.1) is 0 Å². The molecule has 2 aromatic carbocycles. The lowest BCUT2D eigenvalue weighted by Crippen LogP contribution is -2.17. The highest BCUT2D eigenvalue weighted by Crippen LogP contribution is 2.26. The lowest BCUT2D eigenvalue weighted by molar-refractivity contribution is -0.0539. The minimum atomic E-state index is -0.175. The van der Waals surface area contributed by atoms with Gasteiger partial charge >= 0.3 is 0 Å². The van der Waals surface area contributed by atoms with Crippen LogP contribution in [-0.4, -0.2) is 13.4 Å². The number of methoxy groups -OCH3 is 1. The Hall–Kier alpha value is -1.54. The first-order chi connectivity index (χ1) is 7.85. The molecule has 1 atom stereocenters. The predicted octanol–water partition coefficient (Wildman–Crippen LogP) is 3.60. The fraction of sp³-hybridized carbons (Fsp3) is 0.286. The van der Waals surface area contributed by atoms with Gasteiger partial charge in [-0.05, 0) is 11.5 Å². The highest BCUT2D eigenvalue weighted by molar-refractivity contribution is 5.88. The fourth-order valence-electron chi connectivity index (χ4n) is 1.74. The summed E-state index contributed by atoms with van der Waals surface area (Å²) >= 11 is 0. The van der Waals surface area contributed by atoms with Gasteiger partial charge in [0.2, 0.25) is 0 Å². The molecule has 0 aromatic heterocycles. The van der Waals surface area contributed by atoms with Crippen molar-refractivity contribution in [3.05, 3.63) is 42.5 Å². The first-order valence-corrected chi connectivity index (χ1v) is 5.52. The maximum absolute atomic E-state index is 5.80. The molecular weight excluding hydrogens is 200 g/mol. The summed E-state index contributed by atoms with van der Waals surface area (Å²) in [5.41, 5.74) is 0. The van der Waals surface area contributed by atoms with Crippen molar-refractivity contribution in [3.63, 3.8) is 0 Å². The highest BCUT2D eigenvalue weighted by Gasteiger charge is 2.08. The molecule has 0 spiro atoms. The van der Waals surface area contributed by atoms with E-state index in [4.69, 9.17) is 9.47 Å². The highest BCUT2D eigenvalue weighted by atomic mass is 16.7. The standard InChI is InChI=1S/C14H16O2/c1-3-14(15-2)16-13-10-6-8-11-7-4-5-9-12(11)13/h4-10,14H,3H2,1-2H3. The number of hydrogen-bond acceptors (Lipinski definition) is 2. The smallest absolute Gasteiger partial charge is 0.199 e. The second-order valence-corrected chi connectivity index (χ2v) is 3.67. The molecule has 0 saturated heterocycles. The molecule has 0 amide bonds. The molecule has 0 aliphatic carbocycles. The Morgan fingerprint density at radius 1 is 1.06 bits per heavy atom. The molecule has 0 bridgehead atoms. The van der Waals surface area contributed by atoms with Crippen LogP contribution in [0.5, 0.6) is 5.75 Å². The normalized spacial score (nSPS) is 12.6.